The predicted octanol–water partition coefficient (Wildman–Crippen LogP) is 0.543. The first kappa shape index (κ1) is 32.2. The zero-order valence-electron chi connectivity index (χ0n) is 20.7. The van der Waals surface area contributed by atoms with Gasteiger partial charge in [0.15, 0.2) is 12.4 Å². The van der Waals surface area contributed by atoms with E-state index < -0.39 is 35.2 Å². The fraction of sp³-hybridized carbons (Fsp3) is 0.240. The van der Waals surface area contributed by atoms with Gasteiger partial charge in [-0.15, -0.1) is 35.3 Å². The van der Waals surface area contributed by atoms with Crippen molar-refractivity contribution in [3.05, 3.63) is 69.6 Å². The van der Waals surface area contributed by atoms with E-state index in [-0.39, 0.29) is 28.9 Å². The van der Waals surface area contributed by atoms with Gasteiger partial charge in [0.2, 0.25) is 5.91 Å². The van der Waals surface area contributed by atoms with Gasteiger partial charge in [-0.25, -0.2) is 14.2 Å². The number of carbonyl (C=O) groups is 4. The second kappa shape index (κ2) is 14.0. The van der Waals surface area contributed by atoms with E-state index in [9.17, 15) is 24.3 Å². The van der Waals surface area contributed by atoms with Crippen molar-refractivity contribution in [2.45, 2.75) is 21.2 Å². The predicted molar refractivity (Wildman–Crippen MR) is 152 cm³/mol. The van der Waals surface area contributed by atoms with Gasteiger partial charge >= 0.3 is 11.9 Å². The van der Waals surface area contributed by atoms with Crippen molar-refractivity contribution in [2.75, 3.05) is 17.3 Å². The maximum Gasteiger partial charge on any atom is 0.352 e. The molecule has 1 aromatic heterocycles. The number of hydrogen-bond donors (Lipinski definition) is 3. The number of aliphatic carboxylic acids is 2. The normalized spacial score (nSPS) is 18.2. The summed E-state index contributed by atoms with van der Waals surface area (Å²) in [5.74, 6) is -2.37. The number of nitrogens with zero attached hydrogens (tertiary/aromatic N) is 2. The number of carbonyl (C=O) groups excluding carboxylic acids is 2. The van der Waals surface area contributed by atoms with Gasteiger partial charge in [0.05, 0.1) is 10.8 Å². The average molecular weight is 663 g/mol. The molecule has 2 aliphatic heterocycles. The molecular formula is C25H22Cl3N3O6S3. The lowest BCUT2D eigenvalue weighted by Gasteiger charge is -2.49. The number of β-lactam (4-membered cyclic amide) rings is 1. The van der Waals surface area contributed by atoms with Crippen molar-refractivity contribution in [1.29, 1.82) is 0 Å². The summed E-state index contributed by atoms with van der Waals surface area (Å²) in [7, 11) is 1.91. The van der Waals surface area contributed by atoms with Crippen LogP contribution in [0, 0.1) is 0 Å². The van der Waals surface area contributed by atoms with Gasteiger partial charge in [0.25, 0.3) is 5.91 Å². The molecule has 0 aliphatic carbocycles. The number of rotatable bonds is 10. The van der Waals surface area contributed by atoms with Gasteiger partial charge in [0, 0.05) is 44.5 Å². The number of halogens is 3. The molecule has 0 saturated carbocycles. The molecule has 3 heterocycles. The monoisotopic (exact) mass is 661 g/mol. The molecule has 1 fully saturated rings. The largest absolute Gasteiger partial charge is 1.00 e. The SMILES string of the molecule is C[n+]1ccc(SCC2=C(C(=O)O)N3C(=O)[C@@H](NC(=O)CSc4cc(Cl)c(/C=C/C(=O)O)cc4Cl)[C@H]3SC2)cc1.[Cl-]. The van der Waals surface area contributed by atoms with Crippen molar-refractivity contribution in [2.24, 2.45) is 7.05 Å². The quantitative estimate of drug-likeness (QED) is 0.145. The first-order valence-electron chi connectivity index (χ1n) is 11.4. The van der Waals surface area contributed by atoms with Gasteiger partial charge < -0.3 is 27.9 Å². The Labute approximate surface area is 258 Å². The molecule has 2 amide bonds. The van der Waals surface area contributed by atoms with E-state index in [2.05, 4.69) is 5.32 Å². The van der Waals surface area contributed by atoms with Crippen molar-refractivity contribution >= 4 is 88.3 Å². The van der Waals surface area contributed by atoms with E-state index in [4.69, 9.17) is 28.3 Å². The summed E-state index contributed by atoms with van der Waals surface area (Å²) < 4.78 is 1.90. The standard InChI is InChI=1S/C25H21Cl2N3O6S3.ClH/c1-29-6-4-15(5-7-29)37-10-14-11-39-24-21(23(34)30(24)22(14)25(35)36)28-19(31)12-38-18-9-16(26)13(8-17(18)27)2-3-20(32)33;/h2-9,21,24H,10-12H2,1H3,(H2-,28,31,32,33,35,36);1H/b3-2+;/t21-,24-;/m1./s1. The molecule has 9 nitrogen and oxygen atoms in total. The van der Waals surface area contributed by atoms with Crippen molar-refractivity contribution in [1.82, 2.24) is 10.2 Å². The number of amides is 2. The Bertz CT molecular complexity index is 1400. The van der Waals surface area contributed by atoms with Crippen LogP contribution in [0.5, 0.6) is 0 Å². The minimum absolute atomic E-state index is 0. The number of hydrogen-bond acceptors (Lipinski definition) is 7. The van der Waals surface area contributed by atoms with E-state index in [1.54, 1.807) is 0 Å². The Morgan fingerprint density at radius 2 is 1.88 bits per heavy atom. The molecule has 3 N–H and O–H groups in total. The lowest BCUT2D eigenvalue weighted by molar-refractivity contribution is -0.671. The molecule has 0 spiro atoms. The van der Waals surface area contributed by atoms with Gasteiger partial charge in [-0.2, -0.15) is 0 Å². The molecule has 2 aliphatic rings. The van der Waals surface area contributed by atoms with Crippen LogP contribution < -0.4 is 22.3 Å². The van der Waals surface area contributed by atoms with Gasteiger partial charge in [-0.05, 0) is 29.3 Å². The average Bonchev–Trinajstić information content (AvgIpc) is 2.90. The third-order valence-electron chi connectivity index (χ3n) is 5.74. The highest BCUT2D eigenvalue weighted by Crippen LogP contribution is 2.41. The fourth-order valence-corrected chi connectivity index (χ4v) is 7.61. The molecule has 0 unspecified atom stereocenters. The van der Waals surface area contributed by atoms with E-state index in [0.29, 0.717) is 32.6 Å². The molecule has 40 heavy (non-hydrogen) atoms. The number of carboxylic acids is 2. The van der Waals surface area contributed by atoms with Crippen LogP contribution in [-0.4, -0.2) is 67.5 Å². The second-order valence-electron chi connectivity index (χ2n) is 8.46. The zero-order valence-corrected chi connectivity index (χ0v) is 25.4. The lowest BCUT2D eigenvalue weighted by Crippen LogP contribution is -3.00. The van der Waals surface area contributed by atoms with E-state index in [1.165, 1.54) is 46.6 Å². The summed E-state index contributed by atoms with van der Waals surface area (Å²) in [6.45, 7) is 0. The van der Waals surface area contributed by atoms with E-state index in [0.717, 1.165) is 22.7 Å². The van der Waals surface area contributed by atoms with E-state index >= 15 is 0 Å². The second-order valence-corrected chi connectivity index (χ2v) is 12.5. The molecule has 212 valence electrons. The minimum atomic E-state index is -1.17. The van der Waals surface area contributed by atoms with Crippen LogP contribution >= 0.6 is 58.5 Å². The van der Waals surface area contributed by atoms with Crippen LogP contribution in [0.1, 0.15) is 5.56 Å². The van der Waals surface area contributed by atoms with E-state index in [1.807, 2.05) is 36.1 Å². The number of fused-ring (bicyclic) bond motifs is 1. The third-order valence-corrected chi connectivity index (χ3v) is 9.99. The Morgan fingerprint density at radius 1 is 1.18 bits per heavy atom. The number of aromatic nitrogens is 1. The van der Waals surface area contributed by atoms with Crippen LogP contribution in [-0.2, 0) is 26.2 Å². The first-order valence-corrected chi connectivity index (χ1v) is 15.1. The Balaban J connectivity index is 0.00000441. The van der Waals surface area contributed by atoms with Crippen LogP contribution in [0.2, 0.25) is 10.0 Å². The Morgan fingerprint density at radius 3 is 2.52 bits per heavy atom. The number of pyridine rings is 1. The Hall–Kier alpha value is -2.35. The van der Waals surface area contributed by atoms with Crippen LogP contribution in [0.3, 0.4) is 0 Å². The smallest absolute Gasteiger partial charge is 0.352 e. The lowest BCUT2D eigenvalue weighted by atomic mass is 10.0. The Kier molecular flexibility index (Phi) is 11.3. The molecule has 1 saturated heterocycles. The molecule has 2 atom stereocenters. The number of nitrogens with one attached hydrogen (secondary N) is 1. The molecule has 1 aromatic carbocycles. The number of benzene rings is 1. The van der Waals surface area contributed by atoms with Gasteiger partial charge in [-0.3, -0.25) is 14.5 Å². The van der Waals surface area contributed by atoms with Crippen molar-refractivity contribution in [3.63, 3.8) is 0 Å². The molecule has 15 heteroatoms. The maximum atomic E-state index is 12.9. The summed E-state index contributed by atoms with van der Waals surface area (Å²) in [6, 6.07) is 6.09. The summed E-state index contributed by atoms with van der Waals surface area (Å²) in [5.41, 5.74) is 1.06. The molecule has 4 rings (SSSR count). The van der Waals surface area contributed by atoms with Crippen LogP contribution in [0.25, 0.3) is 6.08 Å². The topological polar surface area (TPSA) is 128 Å². The van der Waals surface area contributed by atoms with Gasteiger partial charge in [-0.1, -0.05) is 23.2 Å². The van der Waals surface area contributed by atoms with Gasteiger partial charge in [0.1, 0.15) is 24.2 Å². The van der Waals surface area contributed by atoms with Crippen LogP contribution in [0.4, 0.5) is 0 Å². The zero-order chi connectivity index (χ0) is 28.3. The maximum absolute atomic E-state index is 12.9. The summed E-state index contributed by atoms with van der Waals surface area (Å²) >= 11 is 16.5. The molecule has 2 aromatic rings. The van der Waals surface area contributed by atoms with Crippen molar-refractivity contribution in [3.8, 4) is 0 Å². The minimum Gasteiger partial charge on any atom is -1.00 e. The fourth-order valence-electron chi connectivity index (χ4n) is 3.85. The molecule has 0 radical (unpaired) electrons. The third kappa shape index (κ3) is 7.48. The summed E-state index contributed by atoms with van der Waals surface area (Å²) in [4.78, 5) is 51.1. The number of aryl methyl sites for hydroxylation is 1. The highest BCUT2D eigenvalue weighted by molar-refractivity contribution is 8.01. The van der Waals surface area contributed by atoms with Crippen LogP contribution in [0.15, 0.2) is 63.8 Å². The molecule has 0 bridgehead atoms. The van der Waals surface area contributed by atoms with Crippen molar-refractivity contribution < 1.29 is 46.4 Å². The number of thioether (sulfide) groups is 3. The number of carboxylic acid groups (broad SMARTS) is 2. The first-order chi connectivity index (χ1) is 18.5. The molecular weight excluding hydrogens is 641 g/mol. The summed E-state index contributed by atoms with van der Waals surface area (Å²) in [6.07, 6.45) is 6.07. The highest BCUT2D eigenvalue weighted by atomic mass is 35.5. The highest BCUT2D eigenvalue weighted by Gasteiger charge is 2.54. The summed E-state index contributed by atoms with van der Waals surface area (Å²) in [5, 5.41) is 21.4.